The molecule has 7 heteroatoms. The van der Waals surface area contributed by atoms with Gasteiger partial charge in [-0.3, -0.25) is 0 Å². The van der Waals surface area contributed by atoms with E-state index in [-0.39, 0.29) is 12.1 Å². The van der Waals surface area contributed by atoms with Crippen LogP contribution in [-0.2, 0) is 12.8 Å². The van der Waals surface area contributed by atoms with Gasteiger partial charge in [0.2, 0.25) is 5.95 Å². The average molecular weight is 389 g/mol. The van der Waals surface area contributed by atoms with Crippen molar-refractivity contribution in [3.05, 3.63) is 11.3 Å². The van der Waals surface area contributed by atoms with Crippen LogP contribution in [0.25, 0.3) is 0 Å². The van der Waals surface area contributed by atoms with Gasteiger partial charge in [-0.2, -0.15) is 4.98 Å². The van der Waals surface area contributed by atoms with Crippen LogP contribution in [0, 0.1) is 0 Å². The molecule has 7 nitrogen and oxygen atoms in total. The maximum absolute atomic E-state index is 11.9. The summed E-state index contributed by atoms with van der Waals surface area (Å²) in [6, 6.07) is 0.609. The predicted octanol–water partition coefficient (Wildman–Crippen LogP) is 3.24. The fourth-order valence-electron chi connectivity index (χ4n) is 4.19. The molecule has 0 aromatic carbocycles. The molecule has 0 unspecified atom stereocenters. The van der Waals surface area contributed by atoms with Crippen molar-refractivity contribution in [3.8, 4) is 0 Å². The number of amides is 2. The number of anilines is 2. The van der Waals surface area contributed by atoms with Gasteiger partial charge in [-0.25, -0.2) is 9.78 Å². The molecule has 0 atom stereocenters. The fraction of sp³-hybridized carbons (Fsp3) is 0.762. The quantitative estimate of drug-likeness (QED) is 0.625. The first-order valence-electron chi connectivity index (χ1n) is 10.9. The van der Waals surface area contributed by atoms with Crippen molar-refractivity contribution in [2.45, 2.75) is 83.2 Å². The van der Waals surface area contributed by atoms with E-state index < -0.39 is 0 Å². The summed E-state index contributed by atoms with van der Waals surface area (Å²) in [5.41, 5.74) is 2.54. The zero-order valence-electron chi connectivity index (χ0n) is 17.7. The Morgan fingerprint density at radius 3 is 2.50 bits per heavy atom. The highest BCUT2D eigenvalue weighted by molar-refractivity contribution is 5.74. The third-order valence-electron chi connectivity index (χ3n) is 5.80. The van der Waals surface area contributed by atoms with E-state index in [0.29, 0.717) is 6.04 Å². The molecular weight excluding hydrogens is 352 g/mol. The summed E-state index contributed by atoms with van der Waals surface area (Å²) in [7, 11) is 4.12. The second-order valence-electron chi connectivity index (χ2n) is 8.34. The van der Waals surface area contributed by atoms with E-state index in [1.54, 1.807) is 0 Å². The summed E-state index contributed by atoms with van der Waals surface area (Å²) in [6.07, 6.45) is 10.7. The molecule has 1 heterocycles. The molecule has 2 aliphatic carbocycles. The minimum atomic E-state index is -0.0292. The molecule has 0 aliphatic heterocycles. The molecule has 3 N–H and O–H groups in total. The van der Waals surface area contributed by atoms with Gasteiger partial charge in [0.25, 0.3) is 0 Å². The summed E-state index contributed by atoms with van der Waals surface area (Å²) in [4.78, 5) is 23.7. The lowest BCUT2D eigenvalue weighted by Crippen LogP contribution is -2.45. The second-order valence-corrected chi connectivity index (χ2v) is 8.34. The number of hydrogen-bond acceptors (Lipinski definition) is 5. The highest BCUT2D eigenvalue weighted by Crippen LogP contribution is 2.29. The Balaban J connectivity index is 1.52. The van der Waals surface area contributed by atoms with Gasteiger partial charge in [0.1, 0.15) is 5.82 Å². The largest absolute Gasteiger partial charge is 0.362 e. The number of rotatable bonds is 7. The Hall–Kier alpha value is -2.05. The number of nitrogens with one attached hydrogen (secondary N) is 3. The van der Waals surface area contributed by atoms with Crippen molar-refractivity contribution in [3.63, 3.8) is 0 Å². The minimum absolute atomic E-state index is 0.0292. The van der Waals surface area contributed by atoms with E-state index in [9.17, 15) is 4.79 Å². The molecule has 1 fully saturated rings. The summed E-state index contributed by atoms with van der Waals surface area (Å²) < 4.78 is 0. The third-order valence-corrected chi connectivity index (χ3v) is 5.80. The predicted molar refractivity (Wildman–Crippen MR) is 114 cm³/mol. The first kappa shape index (κ1) is 20.7. The van der Waals surface area contributed by atoms with E-state index in [0.717, 1.165) is 69.7 Å². The summed E-state index contributed by atoms with van der Waals surface area (Å²) in [6.45, 7) is 2.88. The lowest BCUT2D eigenvalue weighted by molar-refractivity contribution is 0.231. The van der Waals surface area contributed by atoms with Gasteiger partial charge in [-0.05, 0) is 57.8 Å². The molecule has 3 rings (SSSR count). The number of unbranched alkanes of at least 4 members (excludes halogenated alkanes) is 1. The molecule has 28 heavy (non-hydrogen) atoms. The highest BCUT2D eigenvalue weighted by Gasteiger charge is 2.24. The molecule has 2 aliphatic rings. The van der Waals surface area contributed by atoms with Gasteiger partial charge >= 0.3 is 6.03 Å². The average Bonchev–Trinajstić information content (AvgIpc) is 2.69. The van der Waals surface area contributed by atoms with Crippen LogP contribution in [0.5, 0.6) is 0 Å². The van der Waals surface area contributed by atoms with Crippen LogP contribution in [0.1, 0.15) is 69.5 Å². The monoisotopic (exact) mass is 388 g/mol. The van der Waals surface area contributed by atoms with Gasteiger partial charge in [0.05, 0.1) is 5.69 Å². The van der Waals surface area contributed by atoms with Crippen molar-refractivity contribution < 1.29 is 4.79 Å². The maximum Gasteiger partial charge on any atom is 0.315 e. The van der Waals surface area contributed by atoms with Crippen LogP contribution in [0.4, 0.5) is 16.6 Å². The Morgan fingerprint density at radius 1 is 1.07 bits per heavy atom. The number of urea groups is 1. The standard InChI is InChI=1S/C21H36N6O/c1-4-5-14-22-21(28)24-16-12-10-15(11-13-16)23-20-25-18-9-7-6-8-17(18)19(26-20)27(2)3/h15-16H,4-14H2,1-3H3,(H2,22,24,28)(H,23,25,26). The van der Waals surface area contributed by atoms with Gasteiger partial charge in [0, 0.05) is 38.3 Å². The second kappa shape index (κ2) is 9.94. The van der Waals surface area contributed by atoms with Crippen LogP contribution in [0.2, 0.25) is 0 Å². The normalized spacial score (nSPS) is 21.5. The van der Waals surface area contributed by atoms with Crippen LogP contribution < -0.4 is 20.9 Å². The Bertz CT molecular complexity index is 655. The van der Waals surface area contributed by atoms with Crippen molar-refractivity contribution in [2.75, 3.05) is 30.9 Å². The van der Waals surface area contributed by atoms with Crippen LogP contribution in [-0.4, -0.2) is 48.7 Å². The smallest absolute Gasteiger partial charge is 0.315 e. The molecule has 0 spiro atoms. The third kappa shape index (κ3) is 5.49. The Morgan fingerprint density at radius 2 is 1.79 bits per heavy atom. The van der Waals surface area contributed by atoms with Crippen molar-refractivity contribution >= 4 is 17.8 Å². The number of carbonyl (C=O) groups is 1. The molecular formula is C21H36N6O. The van der Waals surface area contributed by atoms with Crippen LogP contribution in [0.15, 0.2) is 0 Å². The molecule has 1 aromatic heterocycles. The molecule has 0 saturated heterocycles. The van der Waals surface area contributed by atoms with Gasteiger partial charge in [-0.1, -0.05) is 13.3 Å². The summed E-state index contributed by atoms with van der Waals surface area (Å²) in [5, 5.41) is 9.61. The topological polar surface area (TPSA) is 82.2 Å². The SMILES string of the molecule is CCCCNC(=O)NC1CCC(Nc2nc3c(c(N(C)C)n2)CCCC3)CC1. The molecule has 1 aromatic rings. The van der Waals surface area contributed by atoms with Crippen LogP contribution in [0.3, 0.4) is 0 Å². The van der Waals surface area contributed by atoms with E-state index in [2.05, 4.69) is 41.9 Å². The van der Waals surface area contributed by atoms with Crippen molar-refractivity contribution in [1.82, 2.24) is 20.6 Å². The minimum Gasteiger partial charge on any atom is -0.362 e. The molecule has 0 bridgehead atoms. The maximum atomic E-state index is 11.9. The van der Waals surface area contributed by atoms with E-state index >= 15 is 0 Å². The van der Waals surface area contributed by atoms with Crippen LogP contribution >= 0.6 is 0 Å². The lowest BCUT2D eigenvalue weighted by atomic mass is 9.91. The number of hydrogen-bond donors (Lipinski definition) is 3. The molecule has 2 amide bonds. The highest BCUT2D eigenvalue weighted by atomic mass is 16.2. The lowest BCUT2D eigenvalue weighted by Gasteiger charge is -2.30. The number of nitrogens with zero attached hydrogens (tertiary/aromatic N) is 3. The van der Waals surface area contributed by atoms with E-state index in [4.69, 9.17) is 9.97 Å². The zero-order chi connectivity index (χ0) is 19.9. The van der Waals surface area contributed by atoms with Crippen molar-refractivity contribution in [1.29, 1.82) is 0 Å². The van der Waals surface area contributed by atoms with Crippen molar-refractivity contribution in [2.24, 2.45) is 0 Å². The number of fused-ring (bicyclic) bond motifs is 1. The molecule has 1 saturated carbocycles. The zero-order valence-corrected chi connectivity index (χ0v) is 17.7. The number of aryl methyl sites for hydroxylation is 1. The number of carbonyl (C=O) groups excluding carboxylic acids is 1. The van der Waals surface area contributed by atoms with Gasteiger partial charge in [0.15, 0.2) is 0 Å². The Labute approximate surface area is 169 Å². The Kier molecular flexibility index (Phi) is 7.34. The van der Waals surface area contributed by atoms with E-state index in [1.165, 1.54) is 24.1 Å². The summed E-state index contributed by atoms with van der Waals surface area (Å²) >= 11 is 0. The molecule has 156 valence electrons. The van der Waals surface area contributed by atoms with E-state index in [1.807, 2.05) is 0 Å². The fourth-order valence-corrected chi connectivity index (χ4v) is 4.19. The van der Waals surface area contributed by atoms with Gasteiger partial charge < -0.3 is 20.9 Å². The first-order valence-corrected chi connectivity index (χ1v) is 10.9. The number of aromatic nitrogens is 2. The first-order chi connectivity index (χ1) is 13.6. The molecule has 0 radical (unpaired) electrons. The van der Waals surface area contributed by atoms with Gasteiger partial charge in [-0.15, -0.1) is 0 Å². The summed E-state index contributed by atoms with van der Waals surface area (Å²) in [5.74, 6) is 1.82.